The van der Waals surface area contributed by atoms with Crippen molar-refractivity contribution in [3.8, 4) is 17.1 Å². The Morgan fingerprint density at radius 3 is 2.50 bits per heavy atom. The van der Waals surface area contributed by atoms with Crippen molar-refractivity contribution < 1.29 is 23.1 Å². The SMILES string of the molecule is Cc1c2nc(nc1-c1ccccc1C(C)C)NS(=O)(=O)c1cccc(c1)C(=O)N(Cc1ncc(NCCO)cn1)[C@H](CC(C)(C)C)CO2. The lowest BCUT2D eigenvalue weighted by Gasteiger charge is -2.35. The highest BCUT2D eigenvalue weighted by Crippen LogP contribution is 2.35. The first kappa shape index (κ1) is 34.7. The smallest absolute Gasteiger partial charge is 0.264 e. The molecule has 5 rings (SSSR count). The fourth-order valence-corrected chi connectivity index (χ4v) is 6.68. The van der Waals surface area contributed by atoms with Gasteiger partial charge in [0.2, 0.25) is 11.8 Å². The lowest BCUT2D eigenvalue weighted by Crippen LogP contribution is -2.45. The Labute approximate surface area is 282 Å². The number of rotatable bonds is 8. The molecule has 0 saturated heterocycles. The summed E-state index contributed by atoms with van der Waals surface area (Å²) < 4.78 is 36.4. The van der Waals surface area contributed by atoms with Gasteiger partial charge in [0.1, 0.15) is 12.4 Å². The molecule has 3 N–H and O–H groups in total. The van der Waals surface area contributed by atoms with Gasteiger partial charge in [-0.05, 0) is 48.4 Å². The van der Waals surface area contributed by atoms with E-state index < -0.39 is 22.0 Å². The van der Waals surface area contributed by atoms with Crippen LogP contribution in [0.1, 0.15) is 74.3 Å². The normalized spacial score (nSPS) is 16.3. The second-order valence-electron chi connectivity index (χ2n) is 13.4. The molecule has 0 unspecified atom stereocenters. The Hall–Kier alpha value is -4.62. The fraction of sp³-hybridized carbons (Fsp3) is 0.400. The first-order valence-electron chi connectivity index (χ1n) is 16.0. The Morgan fingerprint density at radius 2 is 1.81 bits per heavy atom. The minimum absolute atomic E-state index is 0.0398. The van der Waals surface area contributed by atoms with Crippen LogP contribution < -0.4 is 14.8 Å². The van der Waals surface area contributed by atoms with Gasteiger partial charge in [0.25, 0.3) is 15.9 Å². The third-order valence-corrected chi connectivity index (χ3v) is 9.30. The molecule has 1 aliphatic rings. The number of carbonyl (C=O) groups is 1. The van der Waals surface area contributed by atoms with E-state index in [0.29, 0.717) is 35.7 Å². The summed E-state index contributed by atoms with van der Waals surface area (Å²) in [5, 5.41) is 12.2. The maximum Gasteiger partial charge on any atom is 0.264 e. The third kappa shape index (κ3) is 8.08. The predicted molar refractivity (Wildman–Crippen MR) is 184 cm³/mol. The summed E-state index contributed by atoms with van der Waals surface area (Å²) in [5.41, 5.74) is 3.68. The van der Waals surface area contributed by atoms with Gasteiger partial charge in [0.05, 0.1) is 47.9 Å². The molecule has 1 atom stereocenters. The van der Waals surface area contributed by atoms with Crippen LogP contribution in [0.5, 0.6) is 5.88 Å². The lowest BCUT2D eigenvalue weighted by molar-refractivity contribution is 0.0504. The number of nitrogens with one attached hydrogen (secondary N) is 2. The van der Waals surface area contributed by atoms with Crippen LogP contribution in [-0.2, 0) is 16.6 Å². The van der Waals surface area contributed by atoms with E-state index in [0.717, 1.165) is 11.1 Å². The largest absolute Gasteiger partial charge is 0.475 e. The van der Waals surface area contributed by atoms with E-state index in [2.05, 4.69) is 59.6 Å². The van der Waals surface area contributed by atoms with E-state index in [-0.39, 0.29) is 53.4 Å². The summed E-state index contributed by atoms with van der Waals surface area (Å²) in [7, 11) is -4.20. The summed E-state index contributed by atoms with van der Waals surface area (Å²) in [5.74, 6) is 0.252. The number of aliphatic hydroxyl groups is 1. The Bertz CT molecular complexity index is 1880. The van der Waals surface area contributed by atoms with Crippen LogP contribution in [0.2, 0.25) is 0 Å². The van der Waals surface area contributed by atoms with Crippen LogP contribution in [0.15, 0.2) is 65.8 Å². The van der Waals surface area contributed by atoms with Crippen molar-refractivity contribution >= 4 is 27.6 Å². The van der Waals surface area contributed by atoms with Gasteiger partial charge in [-0.25, -0.2) is 28.1 Å². The minimum Gasteiger partial charge on any atom is -0.475 e. The molecule has 48 heavy (non-hydrogen) atoms. The van der Waals surface area contributed by atoms with E-state index in [1.165, 1.54) is 12.1 Å². The number of aliphatic hydroxyl groups excluding tert-OH is 1. The molecule has 12 nitrogen and oxygen atoms in total. The van der Waals surface area contributed by atoms with Gasteiger partial charge in [0, 0.05) is 23.2 Å². The first-order valence-corrected chi connectivity index (χ1v) is 17.4. The molecular weight excluding hydrogens is 630 g/mol. The molecule has 254 valence electrons. The molecule has 0 spiro atoms. The number of aromatic nitrogens is 4. The second-order valence-corrected chi connectivity index (χ2v) is 15.1. The quantitative estimate of drug-likeness (QED) is 0.221. The van der Waals surface area contributed by atoms with Crippen LogP contribution in [0.4, 0.5) is 11.6 Å². The topological polar surface area (TPSA) is 160 Å². The van der Waals surface area contributed by atoms with Gasteiger partial charge < -0.3 is 20.1 Å². The van der Waals surface area contributed by atoms with Gasteiger partial charge in [-0.2, -0.15) is 4.98 Å². The van der Waals surface area contributed by atoms with E-state index in [1.54, 1.807) is 29.4 Å². The minimum atomic E-state index is -4.20. The zero-order chi connectivity index (χ0) is 34.6. The van der Waals surface area contributed by atoms with Gasteiger partial charge in [0.15, 0.2) is 0 Å². The average molecular weight is 674 g/mol. The zero-order valence-electron chi connectivity index (χ0n) is 28.2. The summed E-state index contributed by atoms with van der Waals surface area (Å²) in [6.45, 7) is 12.7. The van der Waals surface area contributed by atoms with Crippen molar-refractivity contribution in [2.45, 2.75) is 71.4 Å². The number of ether oxygens (including phenoxy) is 1. The van der Waals surface area contributed by atoms with Crippen LogP contribution >= 0.6 is 0 Å². The molecule has 0 radical (unpaired) electrons. The Kier molecular flexibility index (Phi) is 10.3. The van der Waals surface area contributed by atoms with Crippen LogP contribution in [0.3, 0.4) is 0 Å². The maximum atomic E-state index is 14.4. The number of benzene rings is 2. The fourth-order valence-electron chi connectivity index (χ4n) is 5.69. The van der Waals surface area contributed by atoms with E-state index in [1.807, 2.05) is 31.2 Å². The molecule has 13 heteroatoms. The number of anilines is 2. The molecule has 0 saturated carbocycles. The number of hydrogen-bond acceptors (Lipinski definition) is 10. The zero-order valence-corrected chi connectivity index (χ0v) is 29.0. The number of nitrogens with zero attached hydrogens (tertiary/aromatic N) is 5. The molecule has 3 heterocycles. The van der Waals surface area contributed by atoms with Crippen molar-refractivity contribution in [3.63, 3.8) is 0 Å². The van der Waals surface area contributed by atoms with E-state index in [4.69, 9.17) is 14.8 Å². The molecule has 1 aliphatic heterocycles. The van der Waals surface area contributed by atoms with Crippen LogP contribution in [0, 0.1) is 12.3 Å². The Morgan fingerprint density at radius 1 is 1.08 bits per heavy atom. The van der Waals surface area contributed by atoms with Crippen LogP contribution in [-0.4, -0.2) is 70.1 Å². The van der Waals surface area contributed by atoms with E-state index >= 15 is 0 Å². The van der Waals surface area contributed by atoms with Crippen molar-refractivity contribution in [1.82, 2.24) is 24.8 Å². The summed E-state index contributed by atoms with van der Waals surface area (Å²) in [4.78, 5) is 34.1. The molecular formula is C35H43N7O5S. The predicted octanol–water partition coefficient (Wildman–Crippen LogP) is 5.41. The molecule has 2 aromatic carbocycles. The lowest BCUT2D eigenvalue weighted by atomic mass is 9.87. The number of hydrogen-bond donors (Lipinski definition) is 3. The highest BCUT2D eigenvalue weighted by molar-refractivity contribution is 7.92. The van der Waals surface area contributed by atoms with Gasteiger partial charge in [-0.3, -0.25) is 4.79 Å². The molecule has 4 bridgehead atoms. The number of carbonyl (C=O) groups excluding carboxylic acids is 1. The highest BCUT2D eigenvalue weighted by atomic mass is 32.2. The summed E-state index contributed by atoms with van der Waals surface area (Å²) >= 11 is 0. The number of amides is 1. The van der Waals surface area contributed by atoms with E-state index in [9.17, 15) is 13.2 Å². The molecule has 0 aliphatic carbocycles. The summed E-state index contributed by atoms with van der Waals surface area (Å²) in [6, 6.07) is 13.3. The van der Waals surface area contributed by atoms with Gasteiger partial charge in [-0.1, -0.05) is 65.0 Å². The second kappa shape index (κ2) is 14.2. The monoisotopic (exact) mass is 673 g/mol. The van der Waals surface area contributed by atoms with Crippen molar-refractivity contribution in [3.05, 3.63) is 83.4 Å². The van der Waals surface area contributed by atoms with Crippen molar-refractivity contribution in [1.29, 1.82) is 0 Å². The standard InChI is InChI=1S/C35H43N7O5S/c1-22(2)28-12-7-8-13-29(28)31-23(3)32-40-34(39-31)41-48(45,46)27-11-9-10-24(16-27)33(44)42(26(21-47-32)17-35(4,5)6)20-30-37-18-25(19-38-30)36-14-15-43/h7-13,16,18-19,22,26,36,43H,14-15,17,20-21H2,1-6H3,(H,39,40,41)/t26-/m1/s1. The average Bonchev–Trinajstić information content (AvgIpc) is 3.05. The van der Waals surface area contributed by atoms with Crippen molar-refractivity contribution in [2.75, 3.05) is 29.8 Å². The maximum absolute atomic E-state index is 14.4. The van der Waals surface area contributed by atoms with Gasteiger partial charge in [-0.15, -0.1) is 0 Å². The molecule has 2 aromatic heterocycles. The van der Waals surface area contributed by atoms with Crippen molar-refractivity contribution in [2.24, 2.45) is 5.41 Å². The number of fused-ring (bicyclic) bond motifs is 4. The highest BCUT2D eigenvalue weighted by Gasteiger charge is 2.32. The molecule has 4 aromatic rings. The third-order valence-electron chi connectivity index (χ3n) is 7.98. The van der Waals surface area contributed by atoms with Gasteiger partial charge >= 0.3 is 0 Å². The first-order chi connectivity index (χ1) is 22.8. The Balaban J connectivity index is 1.66. The van der Waals surface area contributed by atoms with Crippen LogP contribution in [0.25, 0.3) is 11.3 Å². The summed E-state index contributed by atoms with van der Waals surface area (Å²) in [6.07, 6.45) is 3.74. The number of sulfonamides is 1. The molecule has 0 fully saturated rings. The molecule has 1 amide bonds.